The van der Waals surface area contributed by atoms with E-state index < -0.39 is 9.85 Å². The van der Waals surface area contributed by atoms with Gasteiger partial charge in [0, 0.05) is 50.5 Å². The first kappa shape index (κ1) is 23.0. The van der Waals surface area contributed by atoms with Crippen LogP contribution in [0.1, 0.15) is 5.76 Å². The van der Waals surface area contributed by atoms with Gasteiger partial charge in [0.05, 0.1) is 26.1 Å². The van der Waals surface area contributed by atoms with Gasteiger partial charge in [0.1, 0.15) is 11.5 Å². The Morgan fingerprint density at radius 1 is 0.971 bits per heavy atom. The van der Waals surface area contributed by atoms with Crippen LogP contribution in [0, 0.1) is 20.2 Å². The summed E-state index contributed by atoms with van der Waals surface area (Å²) in [4.78, 5) is 37.4. The van der Waals surface area contributed by atoms with Crippen LogP contribution in [0.25, 0.3) is 17.4 Å². The number of nitrogens with zero attached hydrogens (tertiary/aromatic N) is 4. The molecule has 4 rings (SSSR count). The van der Waals surface area contributed by atoms with Crippen LogP contribution in [0.4, 0.5) is 17.1 Å². The van der Waals surface area contributed by atoms with Crippen LogP contribution in [-0.4, -0.2) is 46.8 Å². The molecule has 0 saturated carbocycles. The minimum Gasteiger partial charge on any atom is -0.456 e. The Hall–Kier alpha value is -4.18. The van der Waals surface area contributed by atoms with Crippen molar-refractivity contribution in [2.24, 2.45) is 0 Å². The van der Waals surface area contributed by atoms with Crippen molar-refractivity contribution < 1.29 is 19.1 Å². The second-order valence-corrected chi connectivity index (χ2v) is 7.92. The predicted molar refractivity (Wildman–Crippen MR) is 127 cm³/mol. The van der Waals surface area contributed by atoms with E-state index in [2.05, 4.69) is 0 Å². The summed E-state index contributed by atoms with van der Waals surface area (Å²) in [7, 11) is 0. The Bertz CT molecular complexity index is 1280. The highest BCUT2D eigenvalue weighted by molar-refractivity contribution is 6.33. The van der Waals surface area contributed by atoms with Crippen LogP contribution < -0.4 is 4.90 Å². The summed E-state index contributed by atoms with van der Waals surface area (Å²) >= 11 is 6.21. The first-order chi connectivity index (χ1) is 16.3. The van der Waals surface area contributed by atoms with Gasteiger partial charge in [0.2, 0.25) is 5.91 Å². The van der Waals surface area contributed by atoms with Gasteiger partial charge in [-0.15, -0.1) is 0 Å². The molecule has 0 spiro atoms. The molecule has 0 N–H and O–H groups in total. The number of non-ortho nitro benzene ring substituents is 1. The number of anilines is 1. The normalized spacial score (nSPS) is 13.9. The smallest absolute Gasteiger partial charge is 0.280 e. The molecule has 34 heavy (non-hydrogen) atoms. The number of piperazine rings is 1. The van der Waals surface area contributed by atoms with Crippen molar-refractivity contribution in [3.8, 4) is 11.3 Å². The van der Waals surface area contributed by atoms with Gasteiger partial charge in [-0.05, 0) is 30.3 Å². The highest BCUT2D eigenvalue weighted by atomic mass is 35.5. The van der Waals surface area contributed by atoms with Crippen molar-refractivity contribution in [2.45, 2.75) is 0 Å². The fraction of sp³-hybridized carbons (Fsp3) is 0.174. The Morgan fingerprint density at radius 3 is 2.38 bits per heavy atom. The third-order valence-corrected chi connectivity index (χ3v) is 5.76. The molecule has 3 aromatic rings. The van der Waals surface area contributed by atoms with Gasteiger partial charge in [-0.1, -0.05) is 23.7 Å². The predicted octanol–water partition coefficient (Wildman–Crippen LogP) is 4.78. The van der Waals surface area contributed by atoms with Crippen LogP contribution in [0.15, 0.2) is 65.1 Å². The SMILES string of the molecule is O=C(/C=C/c1ccc(-c2ccccc2[N+](=O)[O-])o1)N1CCN(c2ccc([N+](=O)[O-])cc2Cl)CC1. The second kappa shape index (κ2) is 9.75. The summed E-state index contributed by atoms with van der Waals surface area (Å²) in [5.41, 5.74) is 0.914. The lowest BCUT2D eigenvalue weighted by Gasteiger charge is -2.36. The van der Waals surface area contributed by atoms with Gasteiger partial charge in [0.25, 0.3) is 11.4 Å². The van der Waals surface area contributed by atoms with E-state index in [1.165, 1.54) is 30.4 Å². The van der Waals surface area contributed by atoms with Crippen molar-refractivity contribution in [3.05, 3.63) is 91.7 Å². The summed E-state index contributed by atoms with van der Waals surface area (Å²) in [5, 5.41) is 22.4. The minimum atomic E-state index is -0.498. The van der Waals surface area contributed by atoms with E-state index in [0.717, 1.165) is 0 Å². The number of nitro groups is 2. The minimum absolute atomic E-state index is 0.0607. The largest absolute Gasteiger partial charge is 0.456 e. The zero-order valence-corrected chi connectivity index (χ0v) is 18.6. The lowest BCUT2D eigenvalue weighted by molar-refractivity contribution is -0.384. The molecule has 0 unspecified atom stereocenters. The van der Waals surface area contributed by atoms with Crippen molar-refractivity contribution >= 4 is 40.6 Å². The highest BCUT2D eigenvalue weighted by Crippen LogP contribution is 2.32. The summed E-state index contributed by atoms with van der Waals surface area (Å²) < 4.78 is 5.68. The maximum atomic E-state index is 12.6. The molecule has 1 aliphatic rings. The maximum absolute atomic E-state index is 12.6. The fourth-order valence-corrected chi connectivity index (χ4v) is 4.02. The maximum Gasteiger partial charge on any atom is 0.280 e. The second-order valence-electron chi connectivity index (χ2n) is 7.51. The Morgan fingerprint density at radius 2 is 1.71 bits per heavy atom. The molecule has 0 radical (unpaired) electrons. The first-order valence-electron chi connectivity index (χ1n) is 10.3. The van der Waals surface area contributed by atoms with Gasteiger partial charge in [-0.2, -0.15) is 0 Å². The van der Waals surface area contributed by atoms with Crippen molar-refractivity contribution in [1.29, 1.82) is 0 Å². The van der Waals surface area contributed by atoms with E-state index >= 15 is 0 Å². The van der Waals surface area contributed by atoms with E-state index in [-0.39, 0.29) is 17.3 Å². The number of hydrogen-bond acceptors (Lipinski definition) is 7. The van der Waals surface area contributed by atoms with Crippen LogP contribution in [0.5, 0.6) is 0 Å². The molecular formula is C23H19ClN4O6. The molecule has 1 aliphatic heterocycles. The average molecular weight is 483 g/mol. The van der Waals surface area contributed by atoms with Crippen LogP contribution in [0.3, 0.4) is 0 Å². The zero-order valence-electron chi connectivity index (χ0n) is 17.8. The molecule has 1 aromatic heterocycles. The van der Waals surface area contributed by atoms with Gasteiger partial charge in [-0.3, -0.25) is 25.0 Å². The number of rotatable bonds is 6. The zero-order chi connectivity index (χ0) is 24.2. The number of halogens is 1. The molecule has 1 amide bonds. The number of carbonyl (C=O) groups excluding carboxylic acids is 1. The lowest BCUT2D eigenvalue weighted by atomic mass is 10.1. The summed E-state index contributed by atoms with van der Waals surface area (Å²) in [6.45, 7) is 1.96. The molecule has 2 heterocycles. The van der Waals surface area contributed by atoms with Gasteiger partial charge in [0.15, 0.2) is 0 Å². The monoisotopic (exact) mass is 482 g/mol. The Kier molecular flexibility index (Phi) is 6.60. The van der Waals surface area contributed by atoms with Crippen molar-refractivity contribution in [1.82, 2.24) is 4.90 Å². The van der Waals surface area contributed by atoms with Crippen LogP contribution in [-0.2, 0) is 4.79 Å². The topological polar surface area (TPSA) is 123 Å². The molecule has 0 aliphatic carbocycles. The molecule has 1 saturated heterocycles. The van der Waals surface area contributed by atoms with E-state index in [4.69, 9.17) is 16.0 Å². The van der Waals surface area contributed by atoms with E-state index in [1.54, 1.807) is 41.3 Å². The van der Waals surface area contributed by atoms with Gasteiger partial charge in [-0.25, -0.2) is 0 Å². The average Bonchev–Trinajstić information content (AvgIpc) is 3.31. The number of nitro benzene ring substituents is 2. The summed E-state index contributed by atoms with van der Waals surface area (Å²) in [5.74, 6) is 0.545. The summed E-state index contributed by atoms with van der Waals surface area (Å²) in [6, 6.07) is 13.9. The third kappa shape index (κ3) is 4.91. The van der Waals surface area contributed by atoms with E-state index in [0.29, 0.717) is 54.0 Å². The standard InChI is InChI=1S/C23H19ClN4O6/c24-19-15-16(27(30)31)5-8-21(19)25-11-13-26(14-12-25)23(29)10-7-17-6-9-22(34-17)18-3-1-2-4-20(18)28(32)33/h1-10,15H,11-14H2/b10-7+. The first-order valence-corrected chi connectivity index (χ1v) is 10.7. The van der Waals surface area contributed by atoms with Gasteiger partial charge >= 0.3 is 0 Å². The number of benzene rings is 2. The fourth-order valence-electron chi connectivity index (χ4n) is 3.72. The van der Waals surface area contributed by atoms with Gasteiger partial charge < -0.3 is 14.2 Å². The quantitative estimate of drug-likeness (QED) is 0.281. The number of amides is 1. The van der Waals surface area contributed by atoms with Crippen LogP contribution >= 0.6 is 11.6 Å². The Balaban J connectivity index is 1.37. The highest BCUT2D eigenvalue weighted by Gasteiger charge is 2.22. The number of furan rings is 1. The number of para-hydroxylation sites is 1. The van der Waals surface area contributed by atoms with E-state index in [1.807, 2.05) is 4.90 Å². The van der Waals surface area contributed by atoms with Crippen molar-refractivity contribution in [2.75, 3.05) is 31.1 Å². The Labute approximate surface area is 198 Å². The third-order valence-electron chi connectivity index (χ3n) is 5.46. The van der Waals surface area contributed by atoms with Crippen molar-refractivity contribution in [3.63, 3.8) is 0 Å². The molecule has 0 bridgehead atoms. The molecule has 0 atom stereocenters. The van der Waals surface area contributed by atoms with E-state index in [9.17, 15) is 25.0 Å². The van der Waals surface area contributed by atoms with Crippen LogP contribution in [0.2, 0.25) is 5.02 Å². The molecular weight excluding hydrogens is 464 g/mol. The molecule has 174 valence electrons. The molecule has 2 aromatic carbocycles. The molecule has 1 fully saturated rings. The summed E-state index contributed by atoms with van der Waals surface area (Å²) in [6.07, 6.45) is 2.93. The molecule has 11 heteroatoms. The number of hydrogen-bond donors (Lipinski definition) is 0. The lowest BCUT2D eigenvalue weighted by Crippen LogP contribution is -2.48. The number of carbonyl (C=O) groups is 1. The molecule has 10 nitrogen and oxygen atoms in total.